The van der Waals surface area contributed by atoms with Crippen LogP contribution >= 0.6 is 0 Å². The van der Waals surface area contributed by atoms with E-state index in [9.17, 15) is 0 Å². The van der Waals surface area contributed by atoms with Crippen molar-refractivity contribution in [2.45, 2.75) is 67.2 Å². The molecular formula is C32H38B4. The van der Waals surface area contributed by atoms with Crippen LogP contribution in [0, 0.1) is 13.8 Å². The lowest BCUT2D eigenvalue weighted by molar-refractivity contribution is 0.961. The molecule has 0 aliphatic rings. The summed E-state index contributed by atoms with van der Waals surface area (Å²) in [5, 5.41) is 11.5. The van der Waals surface area contributed by atoms with Crippen molar-refractivity contribution in [1.29, 1.82) is 0 Å². The van der Waals surface area contributed by atoms with E-state index in [2.05, 4.69) is 97.2 Å². The fourth-order valence-corrected chi connectivity index (χ4v) is 7.17. The van der Waals surface area contributed by atoms with Gasteiger partial charge in [0.2, 0.25) is 0 Å². The lowest BCUT2D eigenvalue weighted by Crippen LogP contribution is -2.23. The van der Waals surface area contributed by atoms with Gasteiger partial charge in [-0.3, -0.25) is 0 Å². The highest BCUT2D eigenvalue weighted by Crippen LogP contribution is 2.35. The first-order valence-electron chi connectivity index (χ1n) is 14.1. The molecule has 0 saturated heterocycles. The zero-order valence-electron chi connectivity index (χ0n) is 24.1. The van der Waals surface area contributed by atoms with Crippen LogP contribution in [0.1, 0.15) is 61.1 Å². The molecule has 0 unspecified atom stereocenters. The maximum atomic E-state index is 2.55. The third-order valence-corrected chi connectivity index (χ3v) is 9.58. The van der Waals surface area contributed by atoms with Crippen molar-refractivity contribution >= 4 is 96.3 Å². The molecule has 0 fully saturated rings. The summed E-state index contributed by atoms with van der Waals surface area (Å²) in [5.74, 6) is 0. The molecule has 5 aromatic rings. The average Bonchev–Trinajstić information content (AvgIpc) is 2.90. The average molecular weight is 466 g/mol. The molecule has 0 aromatic heterocycles. The van der Waals surface area contributed by atoms with Gasteiger partial charge in [-0.15, -0.1) is 0 Å². The lowest BCUT2D eigenvalue weighted by atomic mass is 9.72. The Morgan fingerprint density at radius 1 is 0.389 bits per heavy atom. The van der Waals surface area contributed by atoms with Crippen molar-refractivity contribution in [1.82, 2.24) is 0 Å². The van der Waals surface area contributed by atoms with E-state index in [0.29, 0.717) is 0 Å². The fourth-order valence-electron chi connectivity index (χ4n) is 7.17. The highest BCUT2D eigenvalue weighted by atomic mass is 14.2. The van der Waals surface area contributed by atoms with Gasteiger partial charge in [-0.05, 0) is 129 Å². The minimum Gasteiger partial charge on any atom is -0.0782 e. The molecule has 0 atom stereocenters. The predicted octanol–water partition coefficient (Wildman–Crippen LogP) is 2.20. The molecule has 5 aromatic carbocycles. The first-order chi connectivity index (χ1) is 17.2. The van der Waals surface area contributed by atoms with Crippen LogP contribution in [0.2, 0.25) is 0 Å². The second-order valence-electron chi connectivity index (χ2n) is 11.0. The smallest absolute Gasteiger partial charge is 0.0782 e. The quantitative estimate of drug-likeness (QED) is 0.282. The molecule has 178 valence electrons. The predicted molar refractivity (Wildman–Crippen MR) is 176 cm³/mol. The van der Waals surface area contributed by atoms with E-state index >= 15 is 0 Å². The van der Waals surface area contributed by atoms with Gasteiger partial charge in [0, 0.05) is 0 Å². The third kappa shape index (κ3) is 3.33. The minimum atomic E-state index is 1.09. The Kier molecular flexibility index (Phi) is 6.30. The molecule has 0 bridgehead atoms. The molecule has 0 aliphatic heterocycles. The van der Waals surface area contributed by atoms with Gasteiger partial charge in [0.25, 0.3) is 0 Å². The molecule has 0 amide bonds. The molecule has 0 saturated carbocycles. The van der Waals surface area contributed by atoms with E-state index in [4.69, 9.17) is 0 Å². The first kappa shape index (κ1) is 25.1. The topological polar surface area (TPSA) is 0 Å². The van der Waals surface area contributed by atoms with Gasteiger partial charge in [-0.25, -0.2) is 0 Å². The Bertz CT molecular complexity index is 1600. The van der Waals surface area contributed by atoms with Gasteiger partial charge >= 0.3 is 0 Å². The van der Waals surface area contributed by atoms with Crippen LogP contribution in [-0.2, 0) is 25.7 Å². The van der Waals surface area contributed by atoms with Gasteiger partial charge in [0.05, 0.1) is 0 Å². The van der Waals surface area contributed by atoms with Crippen molar-refractivity contribution in [3.8, 4) is 0 Å². The second-order valence-corrected chi connectivity index (χ2v) is 11.0. The van der Waals surface area contributed by atoms with E-state index in [0.717, 1.165) is 25.7 Å². The van der Waals surface area contributed by atoms with Crippen LogP contribution in [-0.4, -0.2) is 31.4 Å². The molecule has 0 heterocycles. The van der Waals surface area contributed by atoms with E-state index in [1.807, 2.05) is 0 Å². The Labute approximate surface area is 220 Å². The second kappa shape index (κ2) is 9.05. The van der Waals surface area contributed by atoms with E-state index in [-0.39, 0.29) is 0 Å². The maximum Gasteiger partial charge on any atom is 0.140 e. The molecule has 0 aliphatic carbocycles. The summed E-state index contributed by atoms with van der Waals surface area (Å²) in [6, 6.07) is 10.1. The van der Waals surface area contributed by atoms with Crippen LogP contribution in [0.5, 0.6) is 0 Å². The summed E-state index contributed by atoms with van der Waals surface area (Å²) in [4.78, 5) is 0. The van der Waals surface area contributed by atoms with Crippen LogP contribution in [0.15, 0.2) is 24.3 Å². The van der Waals surface area contributed by atoms with Crippen LogP contribution in [0.3, 0.4) is 0 Å². The summed E-state index contributed by atoms with van der Waals surface area (Å²) >= 11 is 0. The molecule has 0 nitrogen and oxygen atoms in total. The largest absolute Gasteiger partial charge is 0.140 e. The van der Waals surface area contributed by atoms with Gasteiger partial charge < -0.3 is 0 Å². The van der Waals surface area contributed by atoms with Gasteiger partial charge in [-0.1, -0.05) is 60.7 Å². The van der Waals surface area contributed by atoms with Gasteiger partial charge in [0.1, 0.15) is 31.4 Å². The van der Waals surface area contributed by atoms with Crippen molar-refractivity contribution in [3.05, 3.63) is 57.6 Å². The van der Waals surface area contributed by atoms with Crippen LogP contribution < -0.4 is 21.9 Å². The summed E-state index contributed by atoms with van der Waals surface area (Å²) in [6.45, 7) is 13.9. The standard InChI is InChI=1S/C32H38B4/c1-7-17-18(8-2)20(10-4)22-12-26-25(11-21(22)19(17)9-3)31(35)27-13-23-24(14-28(27)32(26)36)30(34)16(6)15(5)29(23)33/h11-14H,7-10,33-36H2,1-6H3. The van der Waals surface area contributed by atoms with Gasteiger partial charge in [-0.2, -0.15) is 0 Å². The number of hydrogen-bond acceptors (Lipinski definition) is 0. The lowest BCUT2D eigenvalue weighted by Gasteiger charge is -2.23. The van der Waals surface area contributed by atoms with Crippen LogP contribution in [0.4, 0.5) is 0 Å². The van der Waals surface area contributed by atoms with E-state index < -0.39 is 0 Å². The molecular weight excluding hydrogens is 428 g/mol. The normalized spacial score (nSPS) is 11.9. The molecule has 0 N–H and O–H groups in total. The minimum absolute atomic E-state index is 1.09. The first-order valence-corrected chi connectivity index (χ1v) is 14.1. The Morgan fingerprint density at radius 2 is 0.639 bits per heavy atom. The highest BCUT2D eigenvalue weighted by molar-refractivity contribution is 6.55. The van der Waals surface area contributed by atoms with Crippen molar-refractivity contribution in [2.75, 3.05) is 0 Å². The van der Waals surface area contributed by atoms with E-state index in [1.54, 1.807) is 22.3 Å². The SMILES string of the molecule is Bc1c(C)c(C)c(B)c2cc3c(B)c4cc5c(CC)c(CC)c(CC)c(CC)c5cc4c(B)c3cc12. The zero-order chi connectivity index (χ0) is 26.0. The Balaban J connectivity index is 2.02. The van der Waals surface area contributed by atoms with Crippen LogP contribution in [0.25, 0.3) is 43.1 Å². The summed E-state index contributed by atoms with van der Waals surface area (Å²) in [5.41, 5.74) is 14.9. The molecule has 0 spiro atoms. The number of benzene rings is 5. The molecule has 4 heteroatoms. The molecule has 0 radical (unpaired) electrons. The molecule has 5 rings (SSSR count). The summed E-state index contributed by atoms with van der Waals surface area (Å²) in [7, 11) is 9.28. The number of rotatable bonds is 4. The summed E-state index contributed by atoms with van der Waals surface area (Å²) in [6.07, 6.45) is 4.42. The summed E-state index contributed by atoms with van der Waals surface area (Å²) < 4.78 is 0. The molecule has 36 heavy (non-hydrogen) atoms. The Morgan fingerprint density at radius 3 is 0.917 bits per heavy atom. The van der Waals surface area contributed by atoms with Crippen molar-refractivity contribution < 1.29 is 0 Å². The Hall–Kier alpha value is -2.60. The number of aryl methyl sites for hydroxylation is 2. The van der Waals surface area contributed by atoms with E-state index in [1.165, 1.54) is 76.1 Å². The van der Waals surface area contributed by atoms with Crippen molar-refractivity contribution in [2.24, 2.45) is 0 Å². The van der Waals surface area contributed by atoms with Gasteiger partial charge in [0.15, 0.2) is 0 Å². The number of hydrogen-bond donors (Lipinski definition) is 0. The fraction of sp³-hybridized carbons (Fsp3) is 0.312. The zero-order valence-corrected chi connectivity index (χ0v) is 24.1. The monoisotopic (exact) mass is 466 g/mol. The number of fused-ring (bicyclic) bond motifs is 4. The highest BCUT2D eigenvalue weighted by Gasteiger charge is 2.19. The maximum absolute atomic E-state index is 2.55. The van der Waals surface area contributed by atoms with Crippen molar-refractivity contribution in [3.63, 3.8) is 0 Å². The third-order valence-electron chi connectivity index (χ3n) is 9.58.